The number of ketones is 1. The maximum atomic E-state index is 12.2. The minimum atomic E-state index is -0.509. The molecular weight excluding hydrogens is 155 g/mol. The number of hydrogen-bond acceptors (Lipinski definition) is 1. The third-order valence-electron chi connectivity index (χ3n) is 2.33. The molecule has 2 heteroatoms. The molecule has 0 spiro atoms. The van der Waals surface area contributed by atoms with Crippen LogP contribution in [0.2, 0.25) is 0 Å². The Bertz CT molecular complexity index is 240. The summed E-state index contributed by atoms with van der Waals surface area (Å²) in [6.07, 6.45) is 3.07. The van der Waals surface area contributed by atoms with Gasteiger partial charge in [-0.2, -0.15) is 0 Å². The van der Waals surface area contributed by atoms with Gasteiger partial charge in [0.2, 0.25) is 0 Å². The smallest absolute Gasteiger partial charge is 0.158 e. The molecule has 0 amide bonds. The Hall–Kier alpha value is -0.920. The molecule has 1 atom stereocenters. The minimum absolute atomic E-state index is 0.0335. The maximum Gasteiger partial charge on any atom is 0.158 e. The van der Waals surface area contributed by atoms with E-state index in [0.29, 0.717) is 12.0 Å². The molecule has 0 N–H and O–H groups in total. The highest BCUT2D eigenvalue weighted by Crippen LogP contribution is 2.25. The lowest BCUT2D eigenvalue weighted by Gasteiger charge is -2.19. The lowest BCUT2D eigenvalue weighted by atomic mass is 9.85. The normalized spacial score (nSPS) is 23.7. The molecule has 1 aliphatic carbocycles. The second kappa shape index (κ2) is 3.65. The van der Waals surface area contributed by atoms with Crippen LogP contribution in [0.3, 0.4) is 0 Å². The number of Topliss-reactive ketones (excluding diaryl/α,β-unsaturated/α-hetero) is 1. The Morgan fingerprint density at radius 1 is 1.83 bits per heavy atom. The first-order valence-electron chi connectivity index (χ1n) is 4.08. The van der Waals surface area contributed by atoms with Crippen LogP contribution in [-0.4, -0.2) is 12.5 Å². The fourth-order valence-electron chi connectivity index (χ4n) is 1.32. The fraction of sp³-hybridized carbons (Fsp3) is 0.500. The predicted octanol–water partition coefficient (Wildman–Crippen LogP) is 2.44. The molecule has 1 nitrogen and oxygen atoms in total. The SMILES string of the molecule is C=C(CF)C1CC=C(C)C(=O)C1. The second-order valence-electron chi connectivity index (χ2n) is 3.24. The van der Waals surface area contributed by atoms with Crippen LogP contribution < -0.4 is 0 Å². The van der Waals surface area contributed by atoms with Crippen molar-refractivity contribution in [3.63, 3.8) is 0 Å². The summed E-state index contributed by atoms with van der Waals surface area (Å²) in [5, 5.41) is 0. The predicted molar refractivity (Wildman–Crippen MR) is 46.6 cm³/mol. The van der Waals surface area contributed by atoms with Crippen LogP contribution in [0.5, 0.6) is 0 Å². The zero-order valence-corrected chi connectivity index (χ0v) is 7.27. The van der Waals surface area contributed by atoms with E-state index in [1.165, 1.54) is 0 Å². The van der Waals surface area contributed by atoms with E-state index in [1.807, 2.05) is 6.08 Å². The first kappa shape index (κ1) is 9.17. The number of carbonyl (C=O) groups excluding carboxylic acids is 1. The number of alkyl halides is 1. The standard InChI is InChI=1S/C10H13FO/c1-7-3-4-9(5-10(7)12)8(2)6-11/h3,9H,2,4-6H2,1H3. The highest BCUT2D eigenvalue weighted by atomic mass is 19.1. The van der Waals surface area contributed by atoms with Crippen molar-refractivity contribution in [2.45, 2.75) is 19.8 Å². The second-order valence-corrected chi connectivity index (χ2v) is 3.24. The fourth-order valence-corrected chi connectivity index (χ4v) is 1.32. The van der Waals surface area contributed by atoms with Crippen LogP contribution in [-0.2, 0) is 4.79 Å². The molecule has 0 fully saturated rings. The first-order chi connectivity index (χ1) is 5.65. The van der Waals surface area contributed by atoms with Crippen molar-refractivity contribution in [1.29, 1.82) is 0 Å². The van der Waals surface area contributed by atoms with Gasteiger partial charge in [0.1, 0.15) is 6.67 Å². The molecule has 1 aliphatic rings. The zero-order chi connectivity index (χ0) is 9.14. The monoisotopic (exact) mass is 168 g/mol. The molecule has 0 saturated heterocycles. The number of rotatable bonds is 2. The zero-order valence-electron chi connectivity index (χ0n) is 7.27. The van der Waals surface area contributed by atoms with Crippen LogP contribution in [0, 0.1) is 5.92 Å². The summed E-state index contributed by atoms with van der Waals surface area (Å²) in [5.41, 5.74) is 1.35. The quantitative estimate of drug-likeness (QED) is 0.579. The van der Waals surface area contributed by atoms with Crippen molar-refractivity contribution in [3.05, 3.63) is 23.8 Å². The molecule has 0 aliphatic heterocycles. The Balaban J connectivity index is 2.65. The highest BCUT2D eigenvalue weighted by Gasteiger charge is 2.20. The molecule has 0 heterocycles. The number of carbonyl (C=O) groups is 1. The van der Waals surface area contributed by atoms with E-state index >= 15 is 0 Å². The lowest BCUT2D eigenvalue weighted by Crippen LogP contribution is -2.16. The Labute approximate surface area is 72.0 Å². The van der Waals surface area contributed by atoms with Crippen molar-refractivity contribution in [2.75, 3.05) is 6.67 Å². The Morgan fingerprint density at radius 3 is 3.00 bits per heavy atom. The van der Waals surface area contributed by atoms with Gasteiger partial charge in [-0.3, -0.25) is 4.79 Å². The molecule has 0 saturated carbocycles. The number of halogens is 1. The van der Waals surface area contributed by atoms with Crippen molar-refractivity contribution < 1.29 is 9.18 Å². The van der Waals surface area contributed by atoms with Crippen LogP contribution in [0.25, 0.3) is 0 Å². The summed E-state index contributed by atoms with van der Waals surface area (Å²) in [4.78, 5) is 11.2. The van der Waals surface area contributed by atoms with E-state index in [2.05, 4.69) is 6.58 Å². The topological polar surface area (TPSA) is 17.1 Å². The molecule has 0 aromatic rings. The van der Waals surface area contributed by atoms with Gasteiger partial charge in [-0.25, -0.2) is 4.39 Å². The molecule has 1 rings (SSSR count). The summed E-state index contributed by atoms with van der Waals surface area (Å²) in [6.45, 7) is 4.89. The van der Waals surface area contributed by atoms with Crippen LogP contribution >= 0.6 is 0 Å². The van der Waals surface area contributed by atoms with Gasteiger partial charge in [0.05, 0.1) is 0 Å². The van der Waals surface area contributed by atoms with Gasteiger partial charge in [0.25, 0.3) is 0 Å². The number of allylic oxidation sites excluding steroid dienone is 3. The summed E-state index contributed by atoms with van der Waals surface area (Å²) >= 11 is 0. The first-order valence-corrected chi connectivity index (χ1v) is 4.08. The van der Waals surface area contributed by atoms with E-state index in [1.54, 1.807) is 6.92 Å². The third kappa shape index (κ3) is 1.81. The van der Waals surface area contributed by atoms with Gasteiger partial charge in [-0.15, -0.1) is 0 Å². The molecule has 0 radical (unpaired) electrons. The Kier molecular flexibility index (Phi) is 2.79. The molecule has 1 unspecified atom stereocenters. The van der Waals surface area contributed by atoms with Crippen molar-refractivity contribution in [1.82, 2.24) is 0 Å². The van der Waals surface area contributed by atoms with Gasteiger partial charge < -0.3 is 0 Å². The van der Waals surface area contributed by atoms with Crippen molar-refractivity contribution in [2.24, 2.45) is 5.92 Å². The molecule has 0 aromatic carbocycles. The van der Waals surface area contributed by atoms with Crippen LogP contribution in [0.1, 0.15) is 19.8 Å². The summed E-state index contributed by atoms with van der Waals surface area (Å²) in [6, 6.07) is 0. The van der Waals surface area contributed by atoms with E-state index in [-0.39, 0.29) is 11.7 Å². The molecule has 66 valence electrons. The number of hydrogen-bond donors (Lipinski definition) is 0. The van der Waals surface area contributed by atoms with Crippen LogP contribution in [0.15, 0.2) is 23.8 Å². The van der Waals surface area contributed by atoms with Gasteiger partial charge in [0, 0.05) is 6.42 Å². The van der Waals surface area contributed by atoms with Gasteiger partial charge >= 0.3 is 0 Å². The van der Waals surface area contributed by atoms with E-state index in [4.69, 9.17) is 0 Å². The third-order valence-corrected chi connectivity index (χ3v) is 2.33. The summed E-state index contributed by atoms with van der Waals surface area (Å²) in [5.74, 6) is 0.159. The summed E-state index contributed by atoms with van der Waals surface area (Å²) in [7, 11) is 0. The van der Waals surface area contributed by atoms with E-state index in [0.717, 1.165) is 12.0 Å². The van der Waals surface area contributed by atoms with Crippen molar-refractivity contribution >= 4 is 5.78 Å². The largest absolute Gasteiger partial charge is 0.295 e. The molecular formula is C10H13FO. The molecule has 0 aromatic heterocycles. The van der Waals surface area contributed by atoms with Gasteiger partial charge in [-0.1, -0.05) is 12.7 Å². The average molecular weight is 168 g/mol. The highest BCUT2D eigenvalue weighted by molar-refractivity contribution is 5.95. The van der Waals surface area contributed by atoms with Crippen LogP contribution in [0.4, 0.5) is 4.39 Å². The maximum absolute atomic E-state index is 12.2. The van der Waals surface area contributed by atoms with Crippen molar-refractivity contribution in [3.8, 4) is 0 Å². The van der Waals surface area contributed by atoms with E-state index < -0.39 is 6.67 Å². The van der Waals surface area contributed by atoms with Gasteiger partial charge in [-0.05, 0) is 30.4 Å². The summed E-state index contributed by atoms with van der Waals surface area (Å²) < 4.78 is 12.2. The lowest BCUT2D eigenvalue weighted by molar-refractivity contribution is -0.116. The Morgan fingerprint density at radius 2 is 2.50 bits per heavy atom. The van der Waals surface area contributed by atoms with Gasteiger partial charge in [0.15, 0.2) is 5.78 Å². The molecule has 12 heavy (non-hydrogen) atoms. The average Bonchev–Trinajstić information content (AvgIpc) is 2.08. The van der Waals surface area contributed by atoms with E-state index in [9.17, 15) is 9.18 Å². The molecule has 0 bridgehead atoms. The minimum Gasteiger partial charge on any atom is -0.295 e.